The number of carbonyl (C=O) groups is 1. The number of ether oxygens (including phenoxy) is 3. The van der Waals surface area contributed by atoms with Crippen molar-refractivity contribution in [1.29, 1.82) is 0 Å². The Labute approximate surface area is 155 Å². The highest BCUT2D eigenvalue weighted by Crippen LogP contribution is 2.32. The molecule has 3 heterocycles. The summed E-state index contributed by atoms with van der Waals surface area (Å²) in [5.74, 6) is 0.882. The predicted molar refractivity (Wildman–Crippen MR) is 92.0 cm³/mol. The van der Waals surface area contributed by atoms with Crippen LogP contribution in [-0.2, 0) is 6.54 Å². The zero-order chi connectivity index (χ0) is 18.6. The summed E-state index contributed by atoms with van der Waals surface area (Å²) in [6.45, 7) is 1.68. The van der Waals surface area contributed by atoms with Gasteiger partial charge in [-0.25, -0.2) is 19.2 Å². The first kappa shape index (κ1) is 17.3. The van der Waals surface area contributed by atoms with Gasteiger partial charge in [-0.3, -0.25) is 0 Å². The highest BCUT2D eigenvalue weighted by atomic mass is 19.1. The molecule has 0 saturated carbocycles. The van der Waals surface area contributed by atoms with Crippen LogP contribution in [0.25, 0.3) is 0 Å². The summed E-state index contributed by atoms with van der Waals surface area (Å²) in [6.07, 6.45) is 3.48. The van der Waals surface area contributed by atoms with Crippen LogP contribution in [0.2, 0.25) is 0 Å². The number of carbonyl (C=O) groups excluding carboxylic acids is 1. The number of urea groups is 1. The fraction of sp³-hybridized carbons (Fsp3) is 0.389. The van der Waals surface area contributed by atoms with Gasteiger partial charge in [0.15, 0.2) is 17.3 Å². The molecule has 1 aromatic heterocycles. The molecule has 4 rings (SSSR count). The Morgan fingerprint density at radius 1 is 1.30 bits per heavy atom. The Morgan fingerprint density at radius 3 is 2.96 bits per heavy atom. The largest absolute Gasteiger partial charge is 0.458 e. The molecular formula is C18H19FN4O4. The summed E-state index contributed by atoms with van der Waals surface area (Å²) >= 11 is 0. The molecule has 9 heteroatoms. The van der Waals surface area contributed by atoms with Crippen LogP contribution in [0, 0.1) is 5.82 Å². The number of nitrogens with one attached hydrogen (secondary N) is 1. The molecule has 1 atom stereocenters. The van der Waals surface area contributed by atoms with E-state index in [1.807, 2.05) is 18.2 Å². The lowest BCUT2D eigenvalue weighted by Crippen LogP contribution is -2.48. The number of fused-ring (bicyclic) bond motifs is 1. The number of hydrogen-bond acceptors (Lipinski definition) is 6. The third kappa shape index (κ3) is 4.18. The van der Waals surface area contributed by atoms with E-state index in [0.29, 0.717) is 31.1 Å². The van der Waals surface area contributed by atoms with Gasteiger partial charge >= 0.3 is 12.0 Å². The Hall–Kier alpha value is -3.10. The van der Waals surface area contributed by atoms with Gasteiger partial charge in [-0.1, -0.05) is 6.07 Å². The van der Waals surface area contributed by atoms with Crippen LogP contribution in [0.5, 0.6) is 17.5 Å². The lowest BCUT2D eigenvalue weighted by atomic mass is 10.1. The first-order valence-electron chi connectivity index (χ1n) is 8.73. The molecule has 8 nitrogen and oxygen atoms in total. The lowest BCUT2D eigenvalue weighted by molar-refractivity contribution is 0.0936. The normalized spacial score (nSPS) is 18.3. The topological polar surface area (TPSA) is 85.8 Å². The standard InChI is InChI=1S/C18H19FN4O4/c19-13-8-20-17(21-9-13)27-14-2-1-5-23(10-14)18(24)22-7-12-3-4-15-16(6-12)26-11-25-15/h3-4,6,8-9,14H,1-2,5,7,10-11H2,(H,22,24)/t14-/m0/s1. The maximum atomic E-state index is 12.9. The average Bonchev–Trinajstić information content (AvgIpc) is 3.16. The molecule has 27 heavy (non-hydrogen) atoms. The zero-order valence-corrected chi connectivity index (χ0v) is 14.6. The van der Waals surface area contributed by atoms with E-state index >= 15 is 0 Å². The van der Waals surface area contributed by atoms with Crippen LogP contribution in [-0.4, -0.2) is 46.9 Å². The van der Waals surface area contributed by atoms with Crippen molar-refractivity contribution in [2.75, 3.05) is 19.9 Å². The Balaban J connectivity index is 1.29. The highest BCUT2D eigenvalue weighted by Gasteiger charge is 2.25. The third-order valence-corrected chi connectivity index (χ3v) is 4.41. The van der Waals surface area contributed by atoms with E-state index in [1.54, 1.807) is 4.90 Å². The number of benzene rings is 1. The fourth-order valence-electron chi connectivity index (χ4n) is 3.07. The van der Waals surface area contributed by atoms with Crippen molar-refractivity contribution in [1.82, 2.24) is 20.2 Å². The lowest BCUT2D eigenvalue weighted by Gasteiger charge is -2.32. The van der Waals surface area contributed by atoms with Crippen molar-refractivity contribution >= 4 is 6.03 Å². The Kier molecular flexibility index (Phi) is 4.91. The smallest absolute Gasteiger partial charge is 0.317 e. The second kappa shape index (κ2) is 7.65. The van der Waals surface area contributed by atoms with Crippen LogP contribution < -0.4 is 19.5 Å². The Bertz CT molecular complexity index is 818. The zero-order valence-electron chi connectivity index (χ0n) is 14.6. The van der Waals surface area contributed by atoms with Crippen LogP contribution in [0.4, 0.5) is 9.18 Å². The molecule has 2 amide bonds. The quantitative estimate of drug-likeness (QED) is 0.882. The summed E-state index contributed by atoms with van der Waals surface area (Å²) in [4.78, 5) is 21.8. The summed E-state index contributed by atoms with van der Waals surface area (Å²) in [5.41, 5.74) is 0.928. The maximum Gasteiger partial charge on any atom is 0.317 e. The first-order valence-corrected chi connectivity index (χ1v) is 8.73. The second-order valence-corrected chi connectivity index (χ2v) is 6.36. The van der Waals surface area contributed by atoms with Gasteiger partial charge in [0.2, 0.25) is 6.79 Å². The average molecular weight is 374 g/mol. The molecule has 1 saturated heterocycles. The molecule has 1 fully saturated rings. The van der Waals surface area contributed by atoms with Crippen molar-refractivity contribution < 1.29 is 23.4 Å². The summed E-state index contributed by atoms with van der Waals surface area (Å²) < 4.78 is 29.2. The number of amides is 2. The van der Waals surface area contributed by atoms with Crippen LogP contribution in [0.15, 0.2) is 30.6 Å². The number of aromatic nitrogens is 2. The number of nitrogens with zero attached hydrogens (tertiary/aromatic N) is 3. The SMILES string of the molecule is O=C(NCc1ccc2c(c1)OCO2)N1CCC[C@H](Oc2ncc(F)cn2)C1. The van der Waals surface area contributed by atoms with Gasteiger partial charge in [0.05, 0.1) is 18.9 Å². The molecule has 2 aromatic rings. The molecule has 0 radical (unpaired) electrons. The van der Waals surface area contributed by atoms with Crippen molar-refractivity contribution in [3.63, 3.8) is 0 Å². The molecule has 0 spiro atoms. The van der Waals surface area contributed by atoms with E-state index in [4.69, 9.17) is 14.2 Å². The maximum absolute atomic E-state index is 12.9. The van der Waals surface area contributed by atoms with Gasteiger partial charge in [-0.15, -0.1) is 0 Å². The third-order valence-electron chi connectivity index (χ3n) is 4.41. The van der Waals surface area contributed by atoms with E-state index in [1.165, 1.54) is 0 Å². The second-order valence-electron chi connectivity index (χ2n) is 6.36. The number of piperidine rings is 1. The molecule has 1 N–H and O–H groups in total. The van der Waals surface area contributed by atoms with E-state index in [-0.39, 0.29) is 24.9 Å². The molecule has 2 aliphatic heterocycles. The summed E-state index contributed by atoms with van der Waals surface area (Å²) in [5, 5.41) is 2.91. The molecule has 0 bridgehead atoms. The fourth-order valence-corrected chi connectivity index (χ4v) is 3.07. The first-order chi connectivity index (χ1) is 13.2. The van der Waals surface area contributed by atoms with Crippen LogP contribution in [0.3, 0.4) is 0 Å². The summed E-state index contributed by atoms with van der Waals surface area (Å²) in [6, 6.07) is 5.53. The van der Waals surface area contributed by atoms with E-state index in [2.05, 4.69) is 15.3 Å². The van der Waals surface area contributed by atoms with Gasteiger partial charge in [-0.2, -0.15) is 0 Å². The van der Waals surface area contributed by atoms with Crippen LogP contribution >= 0.6 is 0 Å². The molecule has 2 aliphatic rings. The van der Waals surface area contributed by atoms with Gasteiger partial charge in [0.25, 0.3) is 0 Å². The van der Waals surface area contributed by atoms with Crippen LogP contribution in [0.1, 0.15) is 18.4 Å². The Morgan fingerprint density at radius 2 is 2.11 bits per heavy atom. The van der Waals surface area contributed by atoms with Crippen molar-refractivity contribution in [3.05, 3.63) is 42.0 Å². The monoisotopic (exact) mass is 374 g/mol. The van der Waals surface area contributed by atoms with Gasteiger partial charge < -0.3 is 24.4 Å². The van der Waals surface area contributed by atoms with E-state index < -0.39 is 5.82 Å². The molecule has 0 aliphatic carbocycles. The summed E-state index contributed by atoms with van der Waals surface area (Å²) in [7, 11) is 0. The predicted octanol–water partition coefficient (Wildman–Crippen LogP) is 2.10. The van der Waals surface area contributed by atoms with E-state index in [9.17, 15) is 9.18 Å². The molecular weight excluding hydrogens is 355 g/mol. The number of rotatable bonds is 4. The molecule has 0 unspecified atom stereocenters. The minimum absolute atomic E-state index is 0.115. The highest BCUT2D eigenvalue weighted by molar-refractivity contribution is 5.74. The van der Waals surface area contributed by atoms with Crippen molar-refractivity contribution in [3.8, 4) is 17.5 Å². The van der Waals surface area contributed by atoms with Gasteiger partial charge in [0.1, 0.15) is 6.10 Å². The minimum atomic E-state index is -0.518. The van der Waals surface area contributed by atoms with Gasteiger partial charge in [-0.05, 0) is 30.5 Å². The minimum Gasteiger partial charge on any atom is -0.458 e. The number of likely N-dealkylation sites (tertiary alicyclic amines) is 1. The number of hydrogen-bond donors (Lipinski definition) is 1. The molecule has 142 valence electrons. The number of halogens is 1. The van der Waals surface area contributed by atoms with E-state index in [0.717, 1.165) is 30.8 Å². The van der Waals surface area contributed by atoms with Crippen molar-refractivity contribution in [2.45, 2.75) is 25.5 Å². The van der Waals surface area contributed by atoms with Crippen molar-refractivity contribution in [2.24, 2.45) is 0 Å². The van der Waals surface area contributed by atoms with Gasteiger partial charge in [0, 0.05) is 13.1 Å². The molecule has 1 aromatic carbocycles.